The lowest BCUT2D eigenvalue weighted by molar-refractivity contribution is 0.626. The summed E-state index contributed by atoms with van der Waals surface area (Å²) >= 11 is 10.9. The number of aryl methyl sites for hydroxylation is 1. The van der Waals surface area contributed by atoms with E-state index in [1.54, 1.807) is 12.1 Å². The topological polar surface area (TPSA) is 33.6 Å². The lowest BCUT2D eigenvalue weighted by Crippen LogP contribution is -2.04. The number of rotatable bonds is 3. The summed E-state index contributed by atoms with van der Waals surface area (Å²) in [6, 6.07) is 4.65. The first-order chi connectivity index (χ1) is 8.11. The molecule has 0 spiro atoms. The van der Waals surface area contributed by atoms with Crippen molar-refractivity contribution in [3.8, 4) is 0 Å². The molecule has 0 amide bonds. The van der Waals surface area contributed by atoms with E-state index in [2.05, 4.69) is 10.2 Å². The summed E-state index contributed by atoms with van der Waals surface area (Å²) in [5, 5.41) is 6.97. The molecule has 2 rings (SSSR count). The number of hydrogen-bond acceptors (Lipinski definition) is 2. The van der Waals surface area contributed by atoms with Gasteiger partial charge < -0.3 is 0 Å². The van der Waals surface area contributed by atoms with Gasteiger partial charge in [0, 0.05) is 6.42 Å². The van der Waals surface area contributed by atoms with Gasteiger partial charge in [0.15, 0.2) is 4.77 Å². The zero-order chi connectivity index (χ0) is 12.4. The molecular weight excluding hydrogens is 261 g/mol. The maximum atomic E-state index is 13.0. The van der Waals surface area contributed by atoms with Gasteiger partial charge in [0.1, 0.15) is 11.6 Å². The van der Waals surface area contributed by atoms with Crippen molar-refractivity contribution in [2.24, 2.45) is 0 Å². The molecule has 0 atom stereocenters. The van der Waals surface area contributed by atoms with E-state index in [4.69, 9.17) is 23.8 Å². The van der Waals surface area contributed by atoms with Crippen LogP contribution in [-0.4, -0.2) is 14.8 Å². The molecule has 0 aliphatic carbocycles. The van der Waals surface area contributed by atoms with Crippen LogP contribution in [0.1, 0.15) is 18.3 Å². The Bertz CT molecular complexity index is 591. The Morgan fingerprint density at radius 3 is 2.94 bits per heavy atom. The highest BCUT2D eigenvalue weighted by Gasteiger charge is 2.06. The number of H-pyrrole nitrogens is 1. The molecule has 0 unspecified atom stereocenters. The van der Waals surface area contributed by atoms with Gasteiger partial charge in [0.2, 0.25) is 0 Å². The fourth-order valence-electron chi connectivity index (χ4n) is 1.60. The van der Waals surface area contributed by atoms with E-state index >= 15 is 0 Å². The summed E-state index contributed by atoms with van der Waals surface area (Å²) in [5.74, 6) is 0.456. The van der Waals surface area contributed by atoms with Crippen LogP contribution in [0.5, 0.6) is 0 Å². The van der Waals surface area contributed by atoms with Gasteiger partial charge in [-0.15, -0.1) is 0 Å². The molecule has 17 heavy (non-hydrogen) atoms. The second-order valence-electron chi connectivity index (χ2n) is 3.63. The highest BCUT2D eigenvalue weighted by Crippen LogP contribution is 2.17. The maximum Gasteiger partial charge on any atom is 0.195 e. The van der Waals surface area contributed by atoms with Crippen molar-refractivity contribution in [3.05, 3.63) is 45.2 Å². The highest BCUT2D eigenvalue weighted by atomic mass is 35.5. The third-order valence-electron chi connectivity index (χ3n) is 2.48. The van der Waals surface area contributed by atoms with E-state index in [-0.39, 0.29) is 5.02 Å². The van der Waals surface area contributed by atoms with Gasteiger partial charge in [0.25, 0.3) is 0 Å². The van der Waals surface area contributed by atoms with Crippen LogP contribution >= 0.6 is 23.8 Å². The van der Waals surface area contributed by atoms with Crippen molar-refractivity contribution in [2.75, 3.05) is 0 Å². The van der Waals surface area contributed by atoms with E-state index in [1.165, 1.54) is 6.07 Å². The summed E-state index contributed by atoms with van der Waals surface area (Å²) in [5.41, 5.74) is 0.892. The van der Waals surface area contributed by atoms with Crippen LogP contribution in [0.15, 0.2) is 18.2 Å². The van der Waals surface area contributed by atoms with Crippen LogP contribution in [0.2, 0.25) is 5.02 Å². The Hall–Kier alpha value is -1.20. The average Bonchev–Trinajstić information content (AvgIpc) is 2.65. The minimum atomic E-state index is -0.415. The number of benzene rings is 1. The summed E-state index contributed by atoms with van der Waals surface area (Å²) in [4.78, 5) is 0. The van der Waals surface area contributed by atoms with Gasteiger partial charge in [-0.25, -0.2) is 4.39 Å². The molecule has 90 valence electrons. The molecule has 3 nitrogen and oxygen atoms in total. The first-order valence-electron chi connectivity index (χ1n) is 5.19. The largest absolute Gasteiger partial charge is 0.300 e. The maximum absolute atomic E-state index is 13.0. The summed E-state index contributed by atoms with van der Waals surface area (Å²) in [6.07, 6.45) is 0.780. The minimum absolute atomic E-state index is 0.121. The molecule has 0 aliphatic rings. The molecule has 0 bridgehead atoms. The van der Waals surface area contributed by atoms with E-state index < -0.39 is 5.82 Å². The van der Waals surface area contributed by atoms with E-state index in [1.807, 2.05) is 11.5 Å². The molecule has 1 N–H and O–H groups in total. The van der Waals surface area contributed by atoms with E-state index in [0.29, 0.717) is 11.3 Å². The smallest absolute Gasteiger partial charge is 0.195 e. The van der Waals surface area contributed by atoms with Gasteiger partial charge in [-0.1, -0.05) is 24.6 Å². The van der Waals surface area contributed by atoms with Crippen LogP contribution in [0.3, 0.4) is 0 Å². The minimum Gasteiger partial charge on any atom is -0.300 e. The molecule has 1 heterocycles. The van der Waals surface area contributed by atoms with Gasteiger partial charge in [-0.3, -0.25) is 9.67 Å². The fraction of sp³-hybridized carbons (Fsp3) is 0.273. The molecule has 2 aromatic rings. The van der Waals surface area contributed by atoms with Crippen LogP contribution < -0.4 is 0 Å². The SMILES string of the molecule is CCc1n[nH]c(=S)n1Cc1ccc(F)c(Cl)c1. The highest BCUT2D eigenvalue weighted by molar-refractivity contribution is 7.71. The van der Waals surface area contributed by atoms with Crippen molar-refractivity contribution < 1.29 is 4.39 Å². The average molecular weight is 272 g/mol. The van der Waals surface area contributed by atoms with E-state index in [0.717, 1.165) is 17.8 Å². The number of nitrogens with one attached hydrogen (secondary N) is 1. The molecule has 6 heteroatoms. The number of nitrogens with zero attached hydrogens (tertiary/aromatic N) is 2. The number of hydrogen-bond donors (Lipinski definition) is 1. The number of aromatic nitrogens is 3. The lowest BCUT2D eigenvalue weighted by atomic mass is 10.2. The molecule has 0 saturated carbocycles. The van der Waals surface area contributed by atoms with Crippen LogP contribution in [0, 0.1) is 10.6 Å². The molecule has 1 aromatic carbocycles. The van der Waals surface area contributed by atoms with Crippen LogP contribution in [0.25, 0.3) is 0 Å². The second kappa shape index (κ2) is 4.98. The molecule has 0 radical (unpaired) electrons. The Morgan fingerprint density at radius 2 is 2.29 bits per heavy atom. The van der Waals surface area contributed by atoms with Crippen molar-refractivity contribution in [2.45, 2.75) is 19.9 Å². The van der Waals surface area contributed by atoms with Gasteiger partial charge in [-0.05, 0) is 29.9 Å². The van der Waals surface area contributed by atoms with Gasteiger partial charge in [-0.2, -0.15) is 5.10 Å². The summed E-state index contributed by atoms with van der Waals surface area (Å²) < 4.78 is 15.5. The summed E-state index contributed by atoms with van der Waals surface area (Å²) in [7, 11) is 0. The zero-order valence-corrected chi connectivity index (χ0v) is 10.8. The third kappa shape index (κ3) is 2.56. The number of halogens is 2. The standard InChI is InChI=1S/C11H11ClFN3S/c1-2-10-14-15-11(17)16(10)6-7-3-4-9(13)8(12)5-7/h3-5H,2,6H2,1H3,(H,15,17). The van der Waals surface area contributed by atoms with Crippen LogP contribution in [-0.2, 0) is 13.0 Å². The number of aromatic amines is 1. The van der Waals surface area contributed by atoms with Crippen molar-refractivity contribution >= 4 is 23.8 Å². The molecule has 0 fully saturated rings. The third-order valence-corrected chi connectivity index (χ3v) is 3.08. The van der Waals surface area contributed by atoms with Crippen LogP contribution in [0.4, 0.5) is 4.39 Å². The lowest BCUT2D eigenvalue weighted by Gasteiger charge is -2.06. The molecule has 0 saturated heterocycles. The van der Waals surface area contributed by atoms with Crippen molar-refractivity contribution in [1.82, 2.24) is 14.8 Å². The van der Waals surface area contributed by atoms with Gasteiger partial charge in [0.05, 0.1) is 11.6 Å². The Balaban J connectivity index is 2.34. The quantitative estimate of drug-likeness (QED) is 0.869. The first-order valence-corrected chi connectivity index (χ1v) is 5.98. The molecular formula is C11H11ClFN3S. The van der Waals surface area contributed by atoms with E-state index in [9.17, 15) is 4.39 Å². The predicted molar refractivity (Wildman–Crippen MR) is 67.3 cm³/mol. The van der Waals surface area contributed by atoms with Crippen molar-refractivity contribution in [3.63, 3.8) is 0 Å². The monoisotopic (exact) mass is 271 g/mol. The normalized spacial score (nSPS) is 10.8. The first kappa shape index (κ1) is 12.3. The fourth-order valence-corrected chi connectivity index (χ4v) is 2.02. The Kier molecular flexibility index (Phi) is 3.59. The molecule has 1 aromatic heterocycles. The van der Waals surface area contributed by atoms with Crippen molar-refractivity contribution in [1.29, 1.82) is 0 Å². The second-order valence-corrected chi connectivity index (χ2v) is 4.43. The predicted octanol–water partition coefficient (Wildman–Crippen LogP) is 3.34. The van der Waals surface area contributed by atoms with Gasteiger partial charge >= 0.3 is 0 Å². The summed E-state index contributed by atoms with van der Waals surface area (Å²) in [6.45, 7) is 2.54. The Morgan fingerprint density at radius 1 is 1.53 bits per heavy atom. The Labute approximate surface area is 108 Å². The molecule has 0 aliphatic heterocycles. The zero-order valence-electron chi connectivity index (χ0n) is 9.20.